The van der Waals surface area contributed by atoms with Crippen LogP contribution in [0.25, 0.3) is 11.1 Å². The second-order valence-corrected chi connectivity index (χ2v) is 6.77. The molecule has 0 radical (unpaired) electrons. The summed E-state index contributed by atoms with van der Waals surface area (Å²) in [5, 5.41) is 3.54. The third-order valence-corrected chi connectivity index (χ3v) is 5.26. The highest BCUT2D eigenvalue weighted by Gasteiger charge is 2.50. The van der Waals surface area contributed by atoms with Crippen molar-refractivity contribution in [3.05, 3.63) is 54.1 Å². The molecule has 1 aromatic heterocycles. The van der Waals surface area contributed by atoms with E-state index >= 15 is 0 Å². The van der Waals surface area contributed by atoms with Crippen LogP contribution in [0.1, 0.15) is 31.0 Å². The smallest absolute Gasteiger partial charge is 0.242 e. The van der Waals surface area contributed by atoms with Gasteiger partial charge in [-0.1, -0.05) is 12.1 Å². The van der Waals surface area contributed by atoms with E-state index in [9.17, 15) is 9.18 Å². The first-order valence-corrected chi connectivity index (χ1v) is 8.33. The number of likely N-dealkylation sites (N-methyl/N-ethyl adjacent to an activating group) is 1. The second kappa shape index (κ2) is 6.73. The Labute approximate surface area is 152 Å². The average molecular weight is 362 g/mol. The van der Waals surface area contributed by atoms with Crippen molar-refractivity contribution in [2.45, 2.75) is 30.8 Å². The van der Waals surface area contributed by atoms with Crippen LogP contribution in [0.15, 0.2) is 42.6 Å². The lowest BCUT2D eigenvalue weighted by molar-refractivity contribution is -0.131. The number of carbonyl (C=O) groups is 1. The number of benzene rings is 1. The third-order valence-electron chi connectivity index (χ3n) is 5.26. The Balaban J connectivity index is 0.00000182. The number of nitrogens with one attached hydrogen (secondary N) is 1. The van der Waals surface area contributed by atoms with E-state index in [-0.39, 0.29) is 30.2 Å². The summed E-state index contributed by atoms with van der Waals surface area (Å²) in [7, 11) is 1.86. The predicted octanol–water partition coefficient (Wildman–Crippen LogP) is 3.33. The topological polar surface area (TPSA) is 45.2 Å². The Morgan fingerprint density at radius 1 is 1.20 bits per heavy atom. The molecule has 2 aliphatic rings. The molecule has 3 heterocycles. The van der Waals surface area contributed by atoms with Crippen molar-refractivity contribution < 1.29 is 9.18 Å². The fourth-order valence-corrected chi connectivity index (χ4v) is 3.85. The highest BCUT2D eigenvalue weighted by Crippen LogP contribution is 2.39. The van der Waals surface area contributed by atoms with E-state index in [1.807, 2.05) is 19.2 Å². The first-order chi connectivity index (χ1) is 11.6. The lowest BCUT2D eigenvalue weighted by atomic mass is 9.96. The van der Waals surface area contributed by atoms with Gasteiger partial charge < -0.3 is 4.90 Å². The van der Waals surface area contributed by atoms with Crippen molar-refractivity contribution in [1.82, 2.24) is 15.2 Å². The standard InChI is InChI=1S/C19H20FN3O.ClH/c1-23-11-9-19(18(23)24)8-6-16(22-19)17-12-14(7-10-21-17)13-2-4-15(20)5-3-13;/h2-5,7,10,12,16,22H,6,8-9,11H2,1H3;1H/t16-,19+;/m1./s1. The maximum atomic E-state index is 13.1. The molecule has 2 aliphatic heterocycles. The Bertz CT molecular complexity index is 782. The maximum absolute atomic E-state index is 13.1. The second-order valence-electron chi connectivity index (χ2n) is 6.77. The van der Waals surface area contributed by atoms with E-state index in [1.165, 1.54) is 12.1 Å². The van der Waals surface area contributed by atoms with Gasteiger partial charge in [-0.25, -0.2) is 4.39 Å². The molecule has 0 aliphatic carbocycles. The van der Waals surface area contributed by atoms with Crippen molar-refractivity contribution in [3.8, 4) is 11.1 Å². The zero-order valence-corrected chi connectivity index (χ0v) is 14.9. The van der Waals surface area contributed by atoms with Gasteiger partial charge in [-0.3, -0.25) is 15.1 Å². The molecule has 1 N–H and O–H groups in total. The highest BCUT2D eigenvalue weighted by atomic mass is 35.5. The highest BCUT2D eigenvalue weighted by molar-refractivity contribution is 5.88. The molecule has 2 fully saturated rings. The molecule has 0 unspecified atom stereocenters. The van der Waals surface area contributed by atoms with Gasteiger partial charge in [-0.2, -0.15) is 0 Å². The van der Waals surface area contributed by atoms with Crippen LogP contribution in [0.4, 0.5) is 4.39 Å². The maximum Gasteiger partial charge on any atom is 0.242 e. The molecule has 2 atom stereocenters. The number of pyridine rings is 1. The summed E-state index contributed by atoms with van der Waals surface area (Å²) in [5.41, 5.74) is 2.51. The van der Waals surface area contributed by atoms with Gasteiger partial charge in [0.05, 0.1) is 11.7 Å². The normalized spacial score (nSPS) is 25.4. The molecular weight excluding hydrogens is 341 g/mol. The molecule has 0 saturated carbocycles. The van der Waals surface area contributed by atoms with Gasteiger partial charge in [-0.05, 0) is 54.7 Å². The van der Waals surface area contributed by atoms with Crippen LogP contribution < -0.4 is 5.32 Å². The van der Waals surface area contributed by atoms with Gasteiger partial charge in [-0.15, -0.1) is 12.4 Å². The summed E-state index contributed by atoms with van der Waals surface area (Å²) >= 11 is 0. The summed E-state index contributed by atoms with van der Waals surface area (Å²) in [6.07, 6.45) is 4.39. The number of amides is 1. The van der Waals surface area contributed by atoms with Gasteiger partial charge in [0, 0.05) is 19.8 Å². The molecule has 1 spiro atoms. The summed E-state index contributed by atoms with van der Waals surface area (Å²) in [6, 6.07) is 10.5. The van der Waals surface area contributed by atoms with Crippen LogP contribution in [0.3, 0.4) is 0 Å². The van der Waals surface area contributed by atoms with Crippen molar-refractivity contribution in [2.75, 3.05) is 13.6 Å². The van der Waals surface area contributed by atoms with E-state index in [4.69, 9.17) is 0 Å². The minimum absolute atomic E-state index is 0. The van der Waals surface area contributed by atoms with E-state index < -0.39 is 5.54 Å². The summed E-state index contributed by atoms with van der Waals surface area (Å²) < 4.78 is 13.1. The lowest BCUT2D eigenvalue weighted by Gasteiger charge is -2.23. The zero-order valence-electron chi connectivity index (χ0n) is 14.0. The Morgan fingerprint density at radius 3 is 2.64 bits per heavy atom. The average Bonchev–Trinajstić information content (AvgIpc) is 3.16. The minimum atomic E-state index is -0.410. The fraction of sp³-hybridized carbons (Fsp3) is 0.368. The van der Waals surface area contributed by atoms with Gasteiger partial charge in [0.1, 0.15) is 11.4 Å². The number of likely N-dealkylation sites (tertiary alicyclic amines) is 1. The van der Waals surface area contributed by atoms with Crippen molar-refractivity contribution >= 4 is 18.3 Å². The first kappa shape index (κ1) is 17.8. The van der Waals surface area contributed by atoms with Gasteiger partial charge >= 0.3 is 0 Å². The molecule has 1 aromatic carbocycles. The Morgan fingerprint density at radius 2 is 1.96 bits per heavy atom. The molecule has 2 aromatic rings. The summed E-state index contributed by atoms with van der Waals surface area (Å²) in [4.78, 5) is 18.7. The van der Waals surface area contributed by atoms with Gasteiger partial charge in [0.2, 0.25) is 5.91 Å². The predicted molar refractivity (Wildman–Crippen MR) is 97.0 cm³/mol. The first-order valence-electron chi connectivity index (χ1n) is 8.33. The van der Waals surface area contributed by atoms with Crippen molar-refractivity contribution in [2.24, 2.45) is 0 Å². The number of carbonyl (C=O) groups excluding carboxylic acids is 1. The molecule has 25 heavy (non-hydrogen) atoms. The van der Waals surface area contributed by atoms with E-state index in [2.05, 4.69) is 10.3 Å². The largest absolute Gasteiger partial charge is 0.344 e. The van der Waals surface area contributed by atoms with Crippen LogP contribution in [-0.2, 0) is 4.79 Å². The van der Waals surface area contributed by atoms with Crippen molar-refractivity contribution in [3.63, 3.8) is 0 Å². The van der Waals surface area contributed by atoms with Gasteiger partial charge in [0.15, 0.2) is 0 Å². The van der Waals surface area contributed by atoms with Crippen molar-refractivity contribution in [1.29, 1.82) is 0 Å². The molecule has 1 amide bonds. The van der Waals surface area contributed by atoms with E-state index in [1.54, 1.807) is 23.2 Å². The molecule has 0 bridgehead atoms. The van der Waals surface area contributed by atoms with Crippen LogP contribution in [0.5, 0.6) is 0 Å². The van der Waals surface area contributed by atoms with Crippen LogP contribution in [0.2, 0.25) is 0 Å². The Hall–Kier alpha value is -1.98. The SMILES string of the molecule is CN1CC[C@@]2(CC[C@H](c3cc(-c4ccc(F)cc4)ccn3)N2)C1=O.Cl. The summed E-state index contributed by atoms with van der Waals surface area (Å²) in [6.45, 7) is 0.807. The number of rotatable bonds is 2. The fourth-order valence-electron chi connectivity index (χ4n) is 3.85. The molecular formula is C19H21ClFN3O. The molecule has 2 saturated heterocycles. The molecule has 132 valence electrons. The lowest BCUT2D eigenvalue weighted by Crippen LogP contribution is -2.47. The summed E-state index contributed by atoms with van der Waals surface area (Å²) in [5.74, 6) is -0.0454. The number of hydrogen-bond donors (Lipinski definition) is 1. The minimum Gasteiger partial charge on any atom is -0.344 e. The number of hydrogen-bond acceptors (Lipinski definition) is 3. The molecule has 4 rings (SSSR count). The van der Waals surface area contributed by atoms with Gasteiger partial charge in [0.25, 0.3) is 0 Å². The van der Waals surface area contributed by atoms with E-state index in [0.717, 1.165) is 42.6 Å². The quantitative estimate of drug-likeness (QED) is 0.892. The Kier molecular flexibility index (Phi) is 4.80. The van der Waals surface area contributed by atoms with E-state index in [0.29, 0.717) is 0 Å². The molecule has 6 heteroatoms. The molecule has 4 nitrogen and oxygen atoms in total. The number of nitrogens with zero attached hydrogens (tertiary/aromatic N) is 2. The van der Waals surface area contributed by atoms with Crippen LogP contribution >= 0.6 is 12.4 Å². The van der Waals surface area contributed by atoms with Crippen LogP contribution in [0, 0.1) is 5.82 Å². The van der Waals surface area contributed by atoms with Crippen LogP contribution in [-0.4, -0.2) is 34.9 Å². The number of aromatic nitrogens is 1. The third kappa shape index (κ3) is 3.14. The monoisotopic (exact) mass is 361 g/mol. The number of halogens is 2. The zero-order chi connectivity index (χ0) is 16.7.